The molecule has 1 N–H and O–H groups in total. The lowest BCUT2D eigenvalue weighted by Gasteiger charge is -2.22. The second-order valence-electron chi connectivity index (χ2n) is 8.01. The van der Waals surface area contributed by atoms with E-state index in [0.717, 1.165) is 47.9 Å². The SMILES string of the molecule is CN1CCc2c(sc(NC(=O)C3CCCCC3)c2-c2nc3ccccc3s2)C1.Cl. The molecule has 5 rings (SSSR count). The second kappa shape index (κ2) is 8.72. The van der Waals surface area contributed by atoms with Crippen molar-refractivity contribution in [1.29, 1.82) is 0 Å². The number of likely N-dealkylation sites (N-methyl/N-ethyl adjacent to an activating group) is 1. The highest BCUT2D eigenvalue weighted by Crippen LogP contribution is 2.45. The van der Waals surface area contributed by atoms with E-state index in [2.05, 4.69) is 35.5 Å². The van der Waals surface area contributed by atoms with Crippen LogP contribution in [0.4, 0.5) is 5.00 Å². The third-order valence-electron chi connectivity index (χ3n) is 5.97. The van der Waals surface area contributed by atoms with Crippen LogP contribution >= 0.6 is 35.1 Å². The van der Waals surface area contributed by atoms with Crippen molar-refractivity contribution in [2.75, 3.05) is 18.9 Å². The summed E-state index contributed by atoms with van der Waals surface area (Å²) < 4.78 is 1.20. The molecule has 2 aromatic heterocycles. The van der Waals surface area contributed by atoms with E-state index in [4.69, 9.17) is 4.98 Å². The summed E-state index contributed by atoms with van der Waals surface area (Å²) in [6.45, 7) is 2.01. The maximum Gasteiger partial charge on any atom is 0.228 e. The second-order valence-corrected chi connectivity index (χ2v) is 10.1. The van der Waals surface area contributed by atoms with E-state index in [1.807, 2.05) is 6.07 Å². The first-order valence-corrected chi connectivity index (χ1v) is 11.8. The van der Waals surface area contributed by atoms with Crippen LogP contribution in [0.1, 0.15) is 42.5 Å². The van der Waals surface area contributed by atoms with E-state index in [9.17, 15) is 4.79 Å². The van der Waals surface area contributed by atoms with Gasteiger partial charge in [-0.2, -0.15) is 0 Å². The van der Waals surface area contributed by atoms with E-state index in [1.165, 1.54) is 40.0 Å². The lowest BCUT2D eigenvalue weighted by Crippen LogP contribution is -2.25. The maximum absolute atomic E-state index is 13.0. The molecule has 154 valence electrons. The van der Waals surface area contributed by atoms with E-state index in [0.29, 0.717) is 0 Å². The number of nitrogens with zero attached hydrogens (tertiary/aromatic N) is 2. The van der Waals surface area contributed by atoms with Gasteiger partial charge in [-0.1, -0.05) is 31.4 Å². The number of benzene rings is 1. The Morgan fingerprint density at radius 3 is 2.76 bits per heavy atom. The first kappa shape index (κ1) is 20.8. The van der Waals surface area contributed by atoms with Gasteiger partial charge in [0.2, 0.25) is 5.91 Å². The molecular weight excluding hydrogens is 422 g/mol. The number of thiazole rings is 1. The molecule has 1 fully saturated rings. The standard InChI is InChI=1S/C22H25N3OS2.ClH/c1-25-12-11-15-18(13-25)28-22(24-20(26)14-7-3-2-4-8-14)19(15)21-23-16-9-5-6-10-17(16)27-21;/h5-6,9-10,14H,2-4,7-8,11-13H2,1H3,(H,24,26);1H. The Labute approximate surface area is 185 Å². The van der Waals surface area contributed by atoms with Crippen LogP contribution in [0.15, 0.2) is 24.3 Å². The summed E-state index contributed by atoms with van der Waals surface area (Å²) in [5.74, 6) is 0.368. The average Bonchev–Trinajstić information content (AvgIpc) is 3.28. The zero-order valence-corrected chi connectivity index (χ0v) is 19.0. The third-order valence-corrected chi connectivity index (χ3v) is 8.15. The quantitative estimate of drug-likeness (QED) is 0.539. The predicted octanol–water partition coefficient (Wildman–Crippen LogP) is 5.95. The van der Waals surface area contributed by atoms with Crippen molar-refractivity contribution in [3.05, 3.63) is 34.7 Å². The normalized spacial score (nSPS) is 17.7. The van der Waals surface area contributed by atoms with Crippen LogP contribution in [-0.2, 0) is 17.8 Å². The predicted molar refractivity (Wildman–Crippen MR) is 125 cm³/mol. The molecule has 0 unspecified atom stereocenters. The van der Waals surface area contributed by atoms with Crippen molar-refractivity contribution >= 4 is 56.2 Å². The maximum atomic E-state index is 13.0. The number of halogens is 1. The molecule has 1 aliphatic carbocycles. The van der Waals surface area contributed by atoms with Crippen LogP contribution in [0.2, 0.25) is 0 Å². The Bertz CT molecular complexity index is 989. The molecule has 0 spiro atoms. The Hall–Kier alpha value is -1.47. The molecule has 7 heteroatoms. The number of anilines is 1. The zero-order chi connectivity index (χ0) is 19.1. The number of nitrogens with one attached hydrogen (secondary N) is 1. The molecule has 1 amide bonds. The van der Waals surface area contributed by atoms with Gasteiger partial charge in [-0.15, -0.1) is 35.1 Å². The smallest absolute Gasteiger partial charge is 0.228 e. The molecule has 0 bridgehead atoms. The average molecular weight is 448 g/mol. The van der Waals surface area contributed by atoms with E-state index >= 15 is 0 Å². The molecule has 3 heterocycles. The van der Waals surface area contributed by atoms with Crippen LogP contribution < -0.4 is 5.32 Å². The number of hydrogen-bond acceptors (Lipinski definition) is 5. The number of para-hydroxylation sites is 1. The van der Waals surface area contributed by atoms with Gasteiger partial charge in [-0.25, -0.2) is 4.98 Å². The molecule has 2 aliphatic rings. The molecule has 1 aliphatic heterocycles. The summed E-state index contributed by atoms with van der Waals surface area (Å²) in [6.07, 6.45) is 6.68. The number of hydrogen-bond donors (Lipinski definition) is 1. The van der Waals surface area contributed by atoms with Crippen molar-refractivity contribution < 1.29 is 4.79 Å². The van der Waals surface area contributed by atoms with E-state index in [-0.39, 0.29) is 24.2 Å². The monoisotopic (exact) mass is 447 g/mol. The highest BCUT2D eigenvalue weighted by molar-refractivity contribution is 7.22. The minimum Gasteiger partial charge on any atom is -0.317 e. The van der Waals surface area contributed by atoms with Gasteiger partial charge in [-0.05, 0) is 44.0 Å². The minimum absolute atomic E-state index is 0. The molecule has 1 aromatic carbocycles. The van der Waals surface area contributed by atoms with Crippen LogP contribution in [0, 0.1) is 5.92 Å². The molecule has 0 atom stereocenters. The zero-order valence-electron chi connectivity index (χ0n) is 16.6. The molecule has 4 nitrogen and oxygen atoms in total. The highest BCUT2D eigenvalue weighted by Gasteiger charge is 2.28. The number of carbonyl (C=O) groups is 1. The third kappa shape index (κ3) is 4.08. The Balaban J connectivity index is 0.00000205. The van der Waals surface area contributed by atoms with Gasteiger partial charge in [0.1, 0.15) is 10.0 Å². The molecule has 0 saturated heterocycles. The number of amides is 1. The lowest BCUT2D eigenvalue weighted by molar-refractivity contribution is -0.120. The first-order chi connectivity index (χ1) is 13.7. The van der Waals surface area contributed by atoms with Gasteiger partial charge in [0.05, 0.1) is 10.2 Å². The summed E-state index contributed by atoms with van der Waals surface area (Å²) >= 11 is 3.49. The number of rotatable bonds is 3. The summed E-state index contributed by atoms with van der Waals surface area (Å²) in [5.41, 5.74) is 3.61. The van der Waals surface area contributed by atoms with Gasteiger partial charge in [0.25, 0.3) is 0 Å². The molecular formula is C22H26ClN3OS2. The van der Waals surface area contributed by atoms with Crippen molar-refractivity contribution in [3.8, 4) is 10.6 Å². The van der Waals surface area contributed by atoms with Crippen LogP contribution in [-0.4, -0.2) is 29.4 Å². The Morgan fingerprint density at radius 1 is 1.17 bits per heavy atom. The van der Waals surface area contributed by atoms with Gasteiger partial charge >= 0.3 is 0 Å². The molecule has 1 saturated carbocycles. The van der Waals surface area contributed by atoms with Gasteiger partial charge in [0.15, 0.2) is 0 Å². The van der Waals surface area contributed by atoms with Crippen molar-refractivity contribution in [2.24, 2.45) is 5.92 Å². The fourth-order valence-corrected chi connectivity index (χ4v) is 6.84. The van der Waals surface area contributed by atoms with Gasteiger partial charge < -0.3 is 10.2 Å². The minimum atomic E-state index is 0. The van der Waals surface area contributed by atoms with Crippen molar-refractivity contribution in [2.45, 2.75) is 45.1 Å². The van der Waals surface area contributed by atoms with E-state index in [1.54, 1.807) is 22.7 Å². The van der Waals surface area contributed by atoms with Crippen molar-refractivity contribution in [1.82, 2.24) is 9.88 Å². The molecule has 0 radical (unpaired) electrons. The van der Waals surface area contributed by atoms with Gasteiger partial charge in [-0.3, -0.25) is 4.79 Å². The first-order valence-electron chi connectivity index (χ1n) is 10.2. The fourth-order valence-electron chi connectivity index (χ4n) is 4.40. The largest absolute Gasteiger partial charge is 0.317 e. The van der Waals surface area contributed by atoms with E-state index < -0.39 is 0 Å². The summed E-state index contributed by atoms with van der Waals surface area (Å²) in [6, 6.07) is 8.30. The van der Waals surface area contributed by atoms with Crippen molar-refractivity contribution in [3.63, 3.8) is 0 Å². The Morgan fingerprint density at radius 2 is 1.97 bits per heavy atom. The lowest BCUT2D eigenvalue weighted by atomic mass is 9.88. The number of carbonyl (C=O) groups excluding carboxylic acids is 1. The molecule has 29 heavy (non-hydrogen) atoms. The number of aromatic nitrogens is 1. The van der Waals surface area contributed by atoms with Crippen LogP contribution in [0.25, 0.3) is 20.8 Å². The summed E-state index contributed by atoms with van der Waals surface area (Å²) in [7, 11) is 2.17. The van der Waals surface area contributed by atoms with Crippen LogP contribution in [0.5, 0.6) is 0 Å². The summed E-state index contributed by atoms with van der Waals surface area (Å²) in [5, 5.41) is 5.38. The molecule has 3 aromatic rings. The highest BCUT2D eigenvalue weighted by atomic mass is 35.5. The topological polar surface area (TPSA) is 45.2 Å². The fraction of sp³-hybridized carbons (Fsp3) is 0.455. The Kier molecular flexibility index (Phi) is 6.25. The van der Waals surface area contributed by atoms with Crippen LogP contribution in [0.3, 0.4) is 0 Å². The van der Waals surface area contributed by atoms with Gasteiger partial charge in [0, 0.05) is 29.4 Å². The number of fused-ring (bicyclic) bond motifs is 2. The summed E-state index contributed by atoms with van der Waals surface area (Å²) in [4.78, 5) is 21.6. The number of thiophene rings is 1.